The van der Waals surface area contributed by atoms with Crippen LogP contribution in [0.1, 0.15) is 54.4 Å². The van der Waals surface area contributed by atoms with Crippen LogP contribution < -0.4 is 0 Å². The monoisotopic (exact) mass is 462 g/mol. The molecule has 2 rings (SSSR count). The minimum atomic E-state index is -0.759. The molecule has 3 N–H and O–H groups in total. The van der Waals surface area contributed by atoms with Crippen LogP contribution in [0.4, 0.5) is 9.59 Å². The van der Waals surface area contributed by atoms with Crippen LogP contribution >= 0.6 is 0 Å². The summed E-state index contributed by atoms with van der Waals surface area (Å²) in [6.07, 6.45) is -1.76. The molecule has 0 aromatic rings. The number of amides is 2. The number of aliphatic hydroxyl groups excluding tert-OH is 3. The Hall–Kier alpha value is -2.11. The van der Waals surface area contributed by atoms with E-state index in [9.17, 15) is 24.6 Å². The van der Waals surface area contributed by atoms with Gasteiger partial charge in [-0.15, -0.1) is 0 Å². The van der Waals surface area contributed by atoms with Crippen molar-refractivity contribution < 1.29 is 43.9 Å². The lowest BCUT2D eigenvalue weighted by molar-refractivity contribution is -0.145. The van der Waals surface area contributed by atoms with Crippen LogP contribution in [0.15, 0.2) is 0 Å². The molecule has 0 unspecified atom stereocenters. The van der Waals surface area contributed by atoms with Crippen molar-refractivity contribution >= 4 is 18.2 Å². The molecule has 11 heteroatoms. The van der Waals surface area contributed by atoms with Crippen molar-refractivity contribution in [2.75, 3.05) is 26.8 Å². The van der Waals surface area contributed by atoms with Crippen molar-refractivity contribution in [2.45, 2.75) is 89.9 Å². The molecular weight excluding hydrogens is 424 g/mol. The molecule has 2 saturated heterocycles. The van der Waals surface area contributed by atoms with Crippen LogP contribution in [0, 0.1) is 0 Å². The minimum Gasteiger partial charge on any atom is -0.467 e. The van der Waals surface area contributed by atoms with Gasteiger partial charge in [-0.1, -0.05) is 0 Å². The van der Waals surface area contributed by atoms with Crippen LogP contribution in [-0.2, 0) is 19.0 Å². The zero-order valence-corrected chi connectivity index (χ0v) is 20.0. The van der Waals surface area contributed by atoms with E-state index in [4.69, 9.17) is 14.6 Å². The molecule has 0 aliphatic carbocycles. The van der Waals surface area contributed by atoms with E-state index in [1.54, 1.807) is 41.5 Å². The average molecular weight is 463 g/mol. The minimum absolute atomic E-state index is 0.0919. The average Bonchev–Trinajstić information content (AvgIpc) is 3.21. The molecule has 2 amide bonds. The standard InChI is InChI=1S/C11H19NO5.C10H19NO4/c1-11(2,3)17-10(15)12-6-7(13)5-8(12)9(14)16-4;1-10(2,3)15-9(14)11-5-8(13)4-7(11)6-12/h7-8,13H,5-6H2,1-4H3;7-8,12-13H,4-6H2,1-3H3/t2*7-,8+/m10/s1. The van der Waals surface area contributed by atoms with Crippen LogP contribution in [-0.4, -0.2) is 106 Å². The van der Waals surface area contributed by atoms with Gasteiger partial charge >= 0.3 is 18.2 Å². The fourth-order valence-electron chi connectivity index (χ4n) is 3.30. The summed E-state index contributed by atoms with van der Waals surface area (Å²) in [5.74, 6) is -0.535. The van der Waals surface area contributed by atoms with E-state index in [0.717, 1.165) is 0 Å². The van der Waals surface area contributed by atoms with Crippen molar-refractivity contribution in [3.05, 3.63) is 0 Å². The molecule has 2 fully saturated rings. The summed E-state index contributed by atoms with van der Waals surface area (Å²) in [6.45, 7) is 10.8. The van der Waals surface area contributed by atoms with Crippen molar-refractivity contribution in [2.24, 2.45) is 0 Å². The molecule has 4 atom stereocenters. The van der Waals surface area contributed by atoms with E-state index in [-0.39, 0.29) is 32.2 Å². The third-order valence-corrected chi connectivity index (χ3v) is 4.61. The molecule has 0 aromatic heterocycles. The van der Waals surface area contributed by atoms with E-state index in [1.165, 1.54) is 16.9 Å². The number of likely N-dealkylation sites (tertiary alicyclic amines) is 2. The van der Waals surface area contributed by atoms with Gasteiger partial charge < -0.3 is 34.4 Å². The molecule has 32 heavy (non-hydrogen) atoms. The Bertz CT molecular complexity index is 657. The maximum absolute atomic E-state index is 11.8. The summed E-state index contributed by atoms with van der Waals surface area (Å²) in [6, 6.07) is -1.08. The number of nitrogens with zero attached hydrogens (tertiary/aromatic N) is 2. The lowest BCUT2D eigenvalue weighted by Crippen LogP contribution is -2.43. The smallest absolute Gasteiger partial charge is 0.411 e. The van der Waals surface area contributed by atoms with Gasteiger partial charge in [0.05, 0.1) is 45.1 Å². The molecule has 11 nitrogen and oxygen atoms in total. The van der Waals surface area contributed by atoms with E-state index >= 15 is 0 Å². The van der Waals surface area contributed by atoms with Gasteiger partial charge in [-0.2, -0.15) is 0 Å². The van der Waals surface area contributed by atoms with Crippen LogP contribution in [0.5, 0.6) is 0 Å². The van der Waals surface area contributed by atoms with Gasteiger partial charge in [-0.3, -0.25) is 4.90 Å². The van der Waals surface area contributed by atoms with Gasteiger partial charge in [-0.05, 0) is 48.0 Å². The number of carbonyl (C=O) groups is 3. The highest BCUT2D eigenvalue weighted by molar-refractivity contribution is 5.82. The third-order valence-electron chi connectivity index (χ3n) is 4.61. The number of rotatable bonds is 2. The van der Waals surface area contributed by atoms with Crippen LogP contribution in [0.3, 0.4) is 0 Å². The summed E-state index contributed by atoms with van der Waals surface area (Å²) in [7, 11) is 1.25. The van der Waals surface area contributed by atoms with Gasteiger partial charge in [0.25, 0.3) is 0 Å². The SMILES string of the molecule is CC(C)(C)OC(=O)N1C[C@H](O)C[C@H]1CO.COC(=O)[C@@H]1C[C@@H](O)CN1C(=O)OC(C)(C)C. The van der Waals surface area contributed by atoms with Crippen molar-refractivity contribution in [1.82, 2.24) is 9.80 Å². The van der Waals surface area contributed by atoms with Gasteiger partial charge in [0.1, 0.15) is 17.2 Å². The fourth-order valence-corrected chi connectivity index (χ4v) is 3.30. The van der Waals surface area contributed by atoms with Crippen LogP contribution in [0.2, 0.25) is 0 Å². The molecular formula is C21H38N2O9. The van der Waals surface area contributed by atoms with Crippen molar-refractivity contribution in [3.63, 3.8) is 0 Å². The topological polar surface area (TPSA) is 146 Å². The first-order valence-corrected chi connectivity index (χ1v) is 10.6. The van der Waals surface area contributed by atoms with E-state index in [0.29, 0.717) is 6.42 Å². The van der Waals surface area contributed by atoms with Crippen molar-refractivity contribution in [3.8, 4) is 0 Å². The van der Waals surface area contributed by atoms with E-state index < -0.39 is 47.6 Å². The quantitative estimate of drug-likeness (QED) is 0.402. The molecule has 2 aliphatic heterocycles. The Morgan fingerprint density at radius 1 is 0.844 bits per heavy atom. The first-order chi connectivity index (χ1) is 14.6. The van der Waals surface area contributed by atoms with Gasteiger partial charge in [0.2, 0.25) is 0 Å². The molecule has 0 spiro atoms. The fraction of sp³-hybridized carbons (Fsp3) is 0.857. The maximum Gasteiger partial charge on any atom is 0.411 e. The predicted octanol–water partition coefficient (Wildman–Crippen LogP) is 0.879. The summed E-state index contributed by atoms with van der Waals surface area (Å²) < 4.78 is 14.9. The second kappa shape index (κ2) is 11.2. The first-order valence-electron chi connectivity index (χ1n) is 10.6. The van der Waals surface area contributed by atoms with Crippen LogP contribution in [0.25, 0.3) is 0 Å². The van der Waals surface area contributed by atoms with Gasteiger partial charge in [0, 0.05) is 6.42 Å². The second-order valence-corrected chi connectivity index (χ2v) is 9.92. The molecule has 186 valence electrons. The molecule has 2 aliphatic rings. The van der Waals surface area contributed by atoms with Gasteiger partial charge in [0.15, 0.2) is 0 Å². The summed E-state index contributed by atoms with van der Waals surface area (Å²) in [4.78, 5) is 37.5. The summed E-state index contributed by atoms with van der Waals surface area (Å²) in [5, 5.41) is 27.9. The highest BCUT2D eigenvalue weighted by Crippen LogP contribution is 2.22. The normalized spacial score (nSPS) is 25.7. The first kappa shape index (κ1) is 27.9. The summed E-state index contributed by atoms with van der Waals surface area (Å²) >= 11 is 0. The number of hydrogen-bond donors (Lipinski definition) is 3. The number of aliphatic hydroxyl groups is 3. The molecule has 0 saturated carbocycles. The zero-order chi connectivity index (χ0) is 24.9. The number of methoxy groups -OCH3 is 1. The Morgan fingerprint density at radius 2 is 1.28 bits per heavy atom. The second-order valence-electron chi connectivity index (χ2n) is 9.92. The Labute approximate surface area is 189 Å². The van der Waals surface area contributed by atoms with Crippen molar-refractivity contribution in [1.29, 1.82) is 0 Å². The molecule has 0 bridgehead atoms. The highest BCUT2D eigenvalue weighted by atomic mass is 16.6. The van der Waals surface area contributed by atoms with Gasteiger partial charge in [-0.25, -0.2) is 14.4 Å². The maximum atomic E-state index is 11.8. The number of hydrogen-bond acceptors (Lipinski definition) is 9. The third kappa shape index (κ3) is 8.79. The Morgan fingerprint density at radius 3 is 1.72 bits per heavy atom. The largest absolute Gasteiger partial charge is 0.467 e. The Balaban J connectivity index is 0.000000323. The number of ether oxygens (including phenoxy) is 3. The molecule has 0 aromatic carbocycles. The lowest BCUT2D eigenvalue weighted by atomic mass is 10.2. The highest BCUT2D eigenvalue weighted by Gasteiger charge is 2.41. The Kier molecular flexibility index (Phi) is 9.73. The molecule has 2 heterocycles. The number of β-amino-alcohol motifs (C(OH)–C–C–N with tert-alkyl or cyclic N) is 2. The van der Waals surface area contributed by atoms with E-state index in [2.05, 4.69) is 4.74 Å². The number of esters is 1. The molecule has 0 radical (unpaired) electrons. The van der Waals surface area contributed by atoms with E-state index in [1.807, 2.05) is 0 Å². The lowest BCUT2D eigenvalue weighted by Gasteiger charge is -2.27. The predicted molar refractivity (Wildman–Crippen MR) is 114 cm³/mol. The number of carbonyl (C=O) groups excluding carboxylic acids is 3. The summed E-state index contributed by atoms with van der Waals surface area (Å²) in [5.41, 5.74) is -1.18. The zero-order valence-electron chi connectivity index (χ0n) is 20.0.